The van der Waals surface area contributed by atoms with Crippen LogP contribution in [0.3, 0.4) is 0 Å². The standard InChI is InChI=1S/C20H20N2O3/c21-11-18-5-1-2-7-19(18)25-14-15-4-3-6-17(10-15)20(24)22-9-8-16(12-22)13-23/h1-7,10,16,23H,8-9,12-14H2. The molecule has 1 saturated heterocycles. The number of aliphatic hydroxyl groups excluding tert-OH is 1. The van der Waals surface area contributed by atoms with Gasteiger partial charge in [-0.15, -0.1) is 0 Å². The number of nitrogens with zero attached hydrogens (tertiary/aromatic N) is 2. The lowest BCUT2D eigenvalue weighted by Crippen LogP contribution is -2.29. The summed E-state index contributed by atoms with van der Waals surface area (Å²) in [7, 11) is 0. The van der Waals surface area contributed by atoms with Gasteiger partial charge in [0.15, 0.2) is 0 Å². The molecule has 0 aliphatic carbocycles. The molecule has 1 aliphatic heterocycles. The minimum absolute atomic E-state index is 0.0183. The summed E-state index contributed by atoms with van der Waals surface area (Å²) in [6, 6.07) is 16.5. The van der Waals surface area contributed by atoms with Gasteiger partial charge in [0.1, 0.15) is 18.4 Å². The lowest BCUT2D eigenvalue weighted by molar-refractivity contribution is 0.0781. The maximum absolute atomic E-state index is 12.6. The van der Waals surface area contributed by atoms with E-state index in [4.69, 9.17) is 10.00 Å². The van der Waals surface area contributed by atoms with Crippen molar-refractivity contribution in [3.63, 3.8) is 0 Å². The number of ether oxygens (including phenoxy) is 1. The second-order valence-electron chi connectivity index (χ2n) is 6.19. The van der Waals surface area contributed by atoms with Gasteiger partial charge in [0, 0.05) is 31.2 Å². The van der Waals surface area contributed by atoms with E-state index in [-0.39, 0.29) is 18.4 Å². The molecule has 1 amide bonds. The predicted octanol–water partition coefficient (Wildman–Crippen LogP) is 2.59. The molecule has 0 bridgehead atoms. The Balaban J connectivity index is 1.67. The van der Waals surface area contributed by atoms with Crippen molar-refractivity contribution in [2.75, 3.05) is 19.7 Å². The second-order valence-corrected chi connectivity index (χ2v) is 6.19. The zero-order valence-corrected chi connectivity index (χ0v) is 13.9. The first-order valence-corrected chi connectivity index (χ1v) is 8.32. The zero-order chi connectivity index (χ0) is 17.6. The van der Waals surface area contributed by atoms with Crippen molar-refractivity contribution in [3.05, 3.63) is 65.2 Å². The van der Waals surface area contributed by atoms with Crippen LogP contribution in [-0.4, -0.2) is 35.6 Å². The van der Waals surface area contributed by atoms with Crippen LogP contribution in [0.25, 0.3) is 0 Å². The molecule has 0 saturated carbocycles. The number of nitriles is 1. The Morgan fingerprint density at radius 1 is 1.28 bits per heavy atom. The molecule has 1 N–H and O–H groups in total. The summed E-state index contributed by atoms with van der Waals surface area (Å²) in [5.74, 6) is 0.695. The topological polar surface area (TPSA) is 73.6 Å². The third kappa shape index (κ3) is 3.98. The predicted molar refractivity (Wildman–Crippen MR) is 93.0 cm³/mol. The molecule has 2 aromatic rings. The Labute approximate surface area is 147 Å². The first-order valence-electron chi connectivity index (χ1n) is 8.32. The van der Waals surface area contributed by atoms with Crippen molar-refractivity contribution in [1.82, 2.24) is 4.90 Å². The molecule has 128 valence electrons. The highest BCUT2D eigenvalue weighted by Gasteiger charge is 2.26. The number of hydrogen-bond donors (Lipinski definition) is 1. The smallest absolute Gasteiger partial charge is 0.253 e. The van der Waals surface area contributed by atoms with Gasteiger partial charge in [0.25, 0.3) is 5.91 Å². The van der Waals surface area contributed by atoms with Crippen LogP contribution in [-0.2, 0) is 6.61 Å². The van der Waals surface area contributed by atoms with Gasteiger partial charge in [-0.3, -0.25) is 4.79 Å². The van der Waals surface area contributed by atoms with Gasteiger partial charge in [0.2, 0.25) is 0 Å². The number of benzene rings is 2. The highest BCUT2D eigenvalue weighted by molar-refractivity contribution is 5.94. The summed E-state index contributed by atoms with van der Waals surface area (Å²) in [6.07, 6.45) is 0.843. The summed E-state index contributed by atoms with van der Waals surface area (Å²) < 4.78 is 5.73. The van der Waals surface area contributed by atoms with E-state index in [0.29, 0.717) is 36.6 Å². The van der Waals surface area contributed by atoms with E-state index in [1.807, 2.05) is 24.3 Å². The van der Waals surface area contributed by atoms with E-state index in [1.165, 1.54) is 0 Å². The Bertz CT molecular complexity index is 798. The van der Waals surface area contributed by atoms with Crippen molar-refractivity contribution < 1.29 is 14.6 Å². The molecule has 0 radical (unpaired) electrons. The van der Waals surface area contributed by atoms with Crippen LogP contribution in [0.5, 0.6) is 5.75 Å². The van der Waals surface area contributed by atoms with E-state index in [0.717, 1.165) is 12.0 Å². The first-order chi connectivity index (χ1) is 12.2. The third-order valence-electron chi connectivity index (χ3n) is 4.41. The number of para-hydroxylation sites is 1. The summed E-state index contributed by atoms with van der Waals surface area (Å²) in [5.41, 5.74) is 1.98. The van der Waals surface area contributed by atoms with Crippen LogP contribution in [0.2, 0.25) is 0 Å². The molecule has 25 heavy (non-hydrogen) atoms. The van der Waals surface area contributed by atoms with Crippen LogP contribution in [0.15, 0.2) is 48.5 Å². The molecular formula is C20H20N2O3. The normalized spacial score (nSPS) is 16.5. The van der Waals surface area contributed by atoms with Gasteiger partial charge < -0.3 is 14.7 Å². The molecule has 1 heterocycles. The summed E-state index contributed by atoms with van der Waals surface area (Å²) >= 11 is 0. The van der Waals surface area contributed by atoms with Crippen LogP contribution >= 0.6 is 0 Å². The molecule has 2 aromatic carbocycles. The van der Waals surface area contributed by atoms with E-state index < -0.39 is 0 Å². The molecule has 0 aromatic heterocycles. The van der Waals surface area contributed by atoms with Crippen LogP contribution in [0.4, 0.5) is 0 Å². The van der Waals surface area contributed by atoms with E-state index in [1.54, 1.807) is 29.2 Å². The number of carbonyl (C=O) groups excluding carboxylic acids is 1. The van der Waals surface area contributed by atoms with Crippen LogP contribution in [0.1, 0.15) is 27.9 Å². The molecule has 0 spiro atoms. The number of carbonyl (C=O) groups is 1. The SMILES string of the molecule is N#Cc1ccccc1OCc1cccc(C(=O)N2CCC(CO)C2)c1. The third-order valence-corrected chi connectivity index (χ3v) is 4.41. The number of aliphatic hydroxyl groups is 1. The summed E-state index contributed by atoms with van der Waals surface area (Å²) in [6.45, 7) is 1.70. The Hall–Kier alpha value is -2.84. The number of likely N-dealkylation sites (tertiary alicyclic amines) is 1. The quantitative estimate of drug-likeness (QED) is 0.911. The molecule has 1 aliphatic rings. The first kappa shape index (κ1) is 17.0. The molecular weight excluding hydrogens is 316 g/mol. The number of amides is 1. The van der Waals surface area contributed by atoms with E-state index in [2.05, 4.69) is 6.07 Å². The maximum atomic E-state index is 12.6. The Morgan fingerprint density at radius 2 is 2.12 bits per heavy atom. The highest BCUT2D eigenvalue weighted by atomic mass is 16.5. The van der Waals surface area contributed by atoms with Crippen molar-refractivity contribution in [3.8, 4) is 11.8 Å². The minimum atomic E-state index is -0.0183. The lowest BCUT2D eigenvalue weighted by atomic mass is 10.1. The van der Waals surface area contributed by atoms with Crippen molar-refractivity contribution >= 4 is 5.91 Å². The van der Waals surface area contributed by atoms with Crippen molar-refractivity contribution in [1.29, 1.82) is 5.26 Å². The molecule has 1 fully saturated rings. The van der Waals surface area contributed by atoms with E-state index >= 15 is 0 Å². The van der Waals surface area contributed by atoms with Crippen LogP contribution in [0, 0.1) is 17.2 Å². The molecule has 5 heteroatoms. The summed E-state index contributed by atoms with van der Waals surface area (Å²) in [5, 5.41) is 18.3. The molecule has 1 atom stereocenters. The lowest BCUT2D eigenvalue weighted by Gasteiger charge is -2.17. The zero-order valence-electron chi connectivity index (χ0n) is 13.9. The van der Waals surface area contributed by atoms with Gasteiger partial charge >= 0.3 is 0 Å². The molecule has 3 rings (SSSR count). The average molecular weight is 336 g/mol. The number of hydrogen-bond acceptors (Lipinski definition) is 4. The fourth-order valence-corrected chi connectivity index (χ4v) is 2.99. The monoisotopic (exact) mass is 336 g/mol. The average Bonchev–Trinajstić information content (AvgIpc) is 3.15. The van der Waals surface area contributed by atoms with Gasteiger partial charge in [-0.1, -0.05) is 24.3 Å². The number of rotatable bonds is 5. The Morgan fingerprint density at radius 3 is 2.88 bits per heavy atom. The van der Waals surface area contributed by atoms with Crippen molar-refractivity contribution in [2.24, 2.45) is 5.92 Å². The largest absolute Gasteiger partial charge is 0.488 e. The van der Waals surface area contributed by atoms with Crippen molar-refractivity contribution in [2.45, 2.75) is 13.0 Å². The van der Waals surface area contributed by atoms with Gasteiger partial charge in [-0.25, -0.2) is 0 Å². The van der Waals surface area contributed by atoms with Gasteiger partial charge in [-0.05, 0) is 36.2 Å². The minimum Gasteiger partial charge on any atom is -0.488 e. The fraction of sp³-hybridized carbons (Fsp3) is 0.300. The summed E-state index contributed by atoms with van der Waals surface area (Å²) in [4.78, 5) is 14.4. The molecule has 5 nitrogen and oxygen atoms in total. The second kappa shape index (κ2) is 7.82. The maximum Gasteiger partial charge on any atom is 0.253 e. The van der Waals surface area contributed by atoms with E-state index in [9.17, 15) is 9.90 Å². The molecule has 1 unspecified atom stereocenters. The fourth-order valence-electron chi connectivity index (χ4n) is 2.99. The van der Waals surface area contributed by atoms with Gasteiger partial charge in [-0.2, -0.15) is 5.26 Å². The highest BCUT2D eigenvalue weighted by Crippen LogP contribution is 2.21. The van der Waals surface area contributed by atoms with Crippen LogP contribution < -0.4 is 4.74 Å². The Kier molecular flexibility index (Phi) is 5.32. The van der Waals surface area contributed by atoms with Gasteiger partial charge in [0.05, 0.1) is 5.56 Å².